The number of aliphatic hydroxyl groups is 2. The van der Waals surface area contributed by atoms with Crippen molar-refractivity contribution >= 4 is 11.9 Å². The van der Waals surface area contributed by atoms with E-state index in [0.717, 1.165) is 40.8 Å². The standard InChI is InChI=1S/C32H40O8/c1-7-11-23-17-25(13-15-29(23)38-19-27(34)21-40-31(36)10-4)32(5,6)24-12-14-28(22(8-2)16-24)37-18-26(33)20-39-30(35)9-3/h7,9-10,12-17,26-27,33-34H,1,3-4,8,11,18-21H2,2,5-6H3. The number of aliphatic hydroxyl groups excluding tert-OH is 2. The number of allylic oxidation sites excluding steroid dienone is 1. The molecule has 0 aliphatic heterocycles. The zero-order valence-corrected chi connectivity index (χ0v) is 23.6. The quantitative estimate of drug-likeness (QED) is 0.170. The minimum Gasteiger partial charge on any atom is -0.490 e. The van der Waals surface area contributed by atoms with Crippen LogP contribution in [0.3, 0.4) is 0 Å². The fraction of sp³-hybridized carbons (Fsp3) is 0.375. The molecule has 0 spiro atoms. The first kappa shape index (κ1) is 32.3. The van der Waals surface area contributed by atoms with Crippen molar-refractivity contribution in [3.63, 3.8) is 0 Å². The van der Waals surface area contributed by atoms with Gasteiger partial charge in [-0.1, -0.05) is 64.3 Å². The van der Waals surface area contributed by atoms with Crippen molar-refractivity contribution in [2.24, 2.45) is 0 Å². The molecule has 0 bridgehead atoms. The van der Waals surface area contributed by atoms with Crippen molar-refractivity contribution < 1.29 is 38.7 Å². The summed E-state index contributed by atoms with van der Waals surface area (Å²) in [6.45, 7) is 16.4. The lowest BCUT2D eigenvalue weighted by atomic mass is 9.77. The summed E-state index contributed by atoms with van der Waals surface area (Å²) in [7, 11) is 0. The van der Waals surface area contributed by atoms with Crippen LogP contribution in [0.2, 0.25) is 0 Å². The molecule has 2 N–H and O–H groups in total. The van der Waals surface area contributed by atoms with Crippen LogP contribution in [0.25, 0.3) is 0 Å². The van der Waals surface area contributed by atoms with Crippen molar-refractivity contribution in [1.82, 2.24) is 0 Å². The van der Waals surface area contributed by atoms with Crippen molar-refractivity contribution in [2.45, 2.75) is 51.2 Å². The second-order valence-electron chi connectivity index (χ2n) is 9.71. The lowest BCUT2D eigenvalue weighted by Crippen LogP contribution is -2.25. The smallest absolute Gasteiger partial charge is 0.330 e. The van der Waals surface area contributed by atoms with Crippen molar-refractivity contribution in [3.8, 4) is 11.5 Å². The molecule has 8 nitrogen and oxygen atoms in total. The molecule has 2 rings (SSSR count). The Morgan fingerprint density at radius 1 is 0.800 bits per heavy atom. The van der Waals surface area contributed by atoms with E-state index in [2.05, 4.69) is 45.7 Å². The van der Waals surface area contributed by atoms with Gasteiger partial charge in [-0.2, -0.15) is 0 Å². The molecule has 0 saturated heterocycles. The lowest BCUT2D eigenvalue weighted by molar-refractivity contribution is -0.142. The average molecular weight is 553 g/mol. The summed E-state index contributed by atoms with van der Waals surface area (Å²) >= 11 is 0. The van der Waals surface area contributed by atoms with Crippen molar-refractivity contribution in [1.29, 1.82) is 0 Å². The molecule has 2 aromatic rings. The number of hydrogen-bond acceptors (Lipinski definition) is 8. The molecule has 0 aliphatic carbocycles. The van der Waals surface area contributed by atoms with Crippen LogP contribution in [0.4, 0.5) is 0 Å². The number of ether oxygens (including phenoxy) is 4. The molecule has 0 amide bonds. The third kappa shape index (κ3) is 9.39. The molecule has 2 aromatic carbocycles. The molecular formula is C32H40O8. The molecule has 0 aromatic heterocycles. The number of carbonyl (C=O) groups excluding carboxylic acids is 2. The number of benzene rings is 2. The second-order valence-corrected chi connectivity index (χ2v) is 9.71. The fourth-order valence-electron chi connectivity index (χ4n) is 3.92. The van der Waals surface area contributed by atoms with Gasteiger partial charge in [0.1, 0.15) is 50.1 Å². The Hall–Kier alpha value is -3.88. The lowest BCUT2D eigenvalue weighted by Gasteiger charge is -2.28. The highest BCUT2D eigenvalue weighted by molar-refractivity contribution is 5.81. The largest absolute Gasteiger partial charge is 0.490 e. The summed E-state index contributed by atoms with van der Waals surface area (Å²) in [5.74, 6) is 0.0706. The molecule has 2 unspecified atom stereocenters. The maximum atomic E-state index is 11.2. The van der Waals surface area contributed by atoms with Gasteiger partial charge >= 0.3 is 11.9 Å². The van der Waals surface area contributed by atoms with Gasteiger partial charge in [-0.15, -0.1) is 6.58 Å². The van der Waals surface area contributed by atoms with Crippen LogP contribution < -0.4 is 9.47 Å². The van der Waals surface area contributed by atoms with E-state index >= 15 is 0 Å². The van der Waals surface area contributed by atoms with Crippen LogP contribution in [0.5, 0.6) is 11.5 Å². The summed E-state index contributed by atoms with van der Waals surface area (Å²) < 4.78 is 21.4. The Morgan fingerprint density at radius 3 is 1.68 bits per heavy atom. The summed E-state index contributed by atoms with van der Waals surface area (Å²) in [5.41, 5.74) is 3.67. The zero-order valence-electron chi connectivity index (χ0n) is 23.6. The van der Waals surface area contributed by atoms with Gasteiger partial charge in [0.2, 0.25) is 0 Å². The Bertz CT molecular complexity index is 1180. The Balaban J connectivity index is 2.17. The van der Waals surface area contributed by atoms with Crippen LogP contribution in [0.1, 0.15) is 43.0 Å². The highest BCUT2D eigenvalue weighted by Crippen LogP contribution is 2.36. The predicted molar refractivity (Wildman–Crippen MR) is 154 cm³/mol. The summed E-state index contributed by atoms with van der Waals surface area (Å²) in [5, 5.41) is 20.2. The van der Waals surface area contributed by atoms with E-state index < -0.39 is 24.1 Å². The Kier molecular flexibility index (Phi) is 12.6. The summed E-state index contributed by atoms with van der Waals surface area (Å²) in [6.07, 6.45) is 3.22. The SMILES string of the molecule is C=CCc1cc(C(C)(C)c2ccc(OCC(O)COC(=O)C=C)c(CC)c2)ccc1OCC(O)COC(=O)C=C. The second kappa shape index (κ2) is 15.6. The van der Waals surface area contributed by atoms with Crippen LogP contribution >= 0.6 is 0 Å². The van der Waals surface area contributed by atoms with Gasteiger partial charge in [-0.05, 0) is 47.2 Å². The minimum atomic E-state index is -0.979. The molecule has 216 valence electrons. The normalized spacial score (nSPS) is 12.5. The van der Waals surface area contributed by atoms with Crippen molar-refractivity contribution in [3.05, 3.63) is 96.6 Å². The summed E-state index contributed by atoms with van der Waals surface area (Å²) in [6, 6.07) is 11.9. The Morgan fingerprint density at radius 2 is 1.25 bits per heavy atom. The third-order valence-corrected chi connectivity index (χ3v) is 6.34. The van der Waals surface area contributed by atoms with Crippen LogP contribution in [-0.4, -0.2) is 60.8 Å². The maximum absolute atomic E-state index is 11.2. The highest BCUT2D eigenvalue weighted by atomic mass is 16.6. The summed E-state index contributed by atoms with van der Waals surface area (Å²) in [4.78, 5) is 22.4. The first-order valence-corrected chi connectivity index (χ1v) is 13.1. The molecule has 8 heteroatoms. The predicted octanol–water partition coefficient (Wildman–Crippen LogP) is 4.24. The van der Waals surface area contributed by atoms with E-state index in [0.29, 0.717) is 17.9 Å². The van der Waals surface area contributed by atoms with Gasteiger partial charge in [0, 0.05) is 17.6 Å². The van der Waals surface area contributed by atoms with Crippen LogP contribution in [0, 0.1) is 0 Å². The average Bonchev–Trinajstić information content (AvgIpc) is 2.96. The Labute approximate surface area is 236 Å². The van der Waals surface area contributed by atoms with Crippen molar-refractivity contribution in [2.75, 3.05) is 26.4 Å². The minimum absolute atomic E-state index is 0.0159. The molecule has 0 saturated carbocycles. The molecule has 0 aliphatic rings. The van der Waals surface area contributed by atoms with Gasteiger partial charge in [0.05, 0.1) is 0 Å². The molecule has 0 heterocycles. The fourth-order valence-corrected chi connectivity index (χ4v) is 3.92. The number of aryl methyl sites for hydroxylation is 1. The van der Waals surface area contributed by atoms with Gasteiger partial charge < -0.3 is 29.2 Å². The molecule has 2 atom stereocenters. The third-order valence-electron chi connectivity index (χ3n) is 6.34. The van der Waals surface area contributed by atoms with E-state index in [1.54, 1.807) is 6.08 Å². The van der Waals surface area contributed by atoms with Crippen LogP contribution in [0.15, 0.2) is 74.4 Å². The van der Waals surface area contributed by atoms with Crippen LogP contribution in [-0.2, 0) is 37.3 Å². The van der Waals surface area contributed by atoms with E-state index in [1.165, 1.54) is 0 Å². The highest BCUT2D eigenvalue weighted by Gasteiger charge is 2.25. The molecule has 40 heavy (non-hydrogen) atoms. The number of carbonyl (C=O) groups is 2. The molecule has 0 radical (unpaired) electrons. The van der Waals surface area contributed by atoms with E-state index in [4.69, 9.17) is 18.9 Å². The molecule has 0 fully saturated rings. The van der Waals surface area contributed by atoms with Gasteiger partial charge in [-0.3, -0.25) is 0 Å². The topological polar surface area (TPSA) is 112 Å². The van der Waals surface area contributed by atoms with E-state index in [1.807, 2.05) is 31.2 Å². The first-order valence-electron chi connectivity index (χ1n) is 13.1. The number of rotatable bonds is 17. The molecular weight excluding hydrogens is 512 g/mol. The van der Waals surface area contributed by atoms with E-state index in [-0.39, 0.29) is 31.8 Å². The van der Waals surface area contributed by atoms with Gasteiger partial charge in [0.15, 0.2) is 0 Å². The zero-order chi connectivity index (χ0) is 29.7. The maximum Gasteiger partial charge on any atom is 0.330 e. The van der Waals surface area contributed by atoms with Gasteiger partial charge in [0.25, 0.3) is 0 Å². The first-order chi connectivity index (χ1) is 19.0. The number of hydrogen-bond donors (Lipinski definition) is 2. The van der Waals surface area contributed by atoms with E-state index in [9.17, 15) is 19.8 Å². The monoisotopic (exact) mass is 552 g/mol. The number of esters is 2. The van der Waals surface area contributed by atoms with Gasteiger partial charge in [-0.25, -0.2) is 9.59 Å².